The smallest absolute Gasteiger partial charge is 0.340 e. The van der Waals surface area contributed by atoms with Gasteiger partial charge < -0.3 is 5.32 Å². The normalized spacial score (nSPS) is 11.8. The van der Waals surface area contributed by atoms with Crippen molar-refractivity contribution in [2.24, 2.45) is 0 Å². The molecule has 0 aliphatic carbocycles. The molecule has 0 bridgehead atoms. The molecule has 0 atom stereocenters. The predicted octanol–water partition coefficient (Wildman–Crippen LogP) is 5.11. The number of halogens is 4. The zero-order valence-electron chi connectivity index (χ0n) is 10.3. The Balaban J connectivity index is 2.01. The van der Waals surface area contributed by atoms with Crippen LogP contribution in [0.3, 0.4) is 0 Å². The lowest BCUT2D eigenvalue weighted by atomic mass is 10.2. The van der Waals surface area contributed by atoms with Crippen molar-refractivity contribution in [1.82, 2.24) is 9.97 Å². The van der Waals surface area contributed by atoms with Crippen molar-refractivity contribution in [2.45, 2.75) is 6.18 Å². The fourth-order valence-corrected chi connectivity index (χ4v) is 2.82. The van der Waals surface area contributed by atoms with Crippen molar-refractivity contribution in [3.63, 3.8) is 0 Å². The SMILES string of the molecule is FC(F)(F)c1cccc(Nc2nc(Cl)nc3sccc23)c1. The number of anilines is 2. The van der Waals surface area contributed by atoms with Crippen LogP contribution in [0.1, 0.15) is 5.56 Å². The Morgan fingerprint density at radius 3 is 2.71 bits per heavy atom. The predicted molar refractivity (Wildman–Crippen MR) is 77.2 cm³/mol. The van der Waals surface area contributed by atoms with Crippen LogP contribution in [0.4, 0.5) is 24.7 Å². The van der Waals surface area contributed by atoms with Crippen LogP contribution in [-0.2, 0) is 6.18 Å². The average Bonchev–Trinajstić information content (AvgIpc) is 2.86. The van der Waals surface area contributed by atoms with Crippen LogP contribution in [0.15, 0.2) is 35.7 Å². The van der Waals surface area contributed by atoms with Crippen LogP contribution in [-0.4, -0.2) is 9.97 Å². The fourth-order valence-electron chi connectivity index (χ4n) is 1.83. The van der Waals surface area contributed by atoms with Gasteiger partial charge in [-0.3, -0.25) is 0 Å². The summed E-state index contributed by atoms with van der Waals surface area (Å²) < 4.78 is 38.1. The Bertz CT molecular complexity index is 801. The first-order chi connectivity index (χ1) is 9.93. The van der Waals surface area contributed by atoms with Gasteiger partial charge in [0.05, 0.1) is 10.9 Å². The van der Waals surface area contributed by atoms with Gasteiger partial charge >= 0.3 is 6.18 Å². The Hall–Kier alpha value is -1.86. The number of aromatic nitrogens is 2. The number of alkyl halides is 3. The summed E-state index contributed by atoms with van der Waals surface area (Å²) in [7, 11) is 0. The molecule has 0 saturated heterocycles. The van der Waals surface area contributed by atoms with E-state index in [1.807, 2.05) is 5.38 Å². The Morgan fingerprint density at radius 1 is 1.14 bits per heavy atom. The summed E-state index contributed by atoms with van der Waals surface area (Å²) in [6.07, 6.45) is -4.39. The molecule has 3 aromatic rings. The lowest BCUT2D eigenvalue weighted by Gasteiger charge is -2.10. The molecule has 1 N–H and O–H groups in total. The minimum Gasteiger partial charge on any atom is -0.340 e. The van der Waals surface area contributed by atoms with Crippen LogP contribution < -0.4 is 5.32 Å². The molecule has 3 nitrogen and oxygen atoms in total. The summed E-state index contributed by atoms with van der Waals surface area (Å²) >= 11 is 7.19. The minimum atomic E-state index is -4.39. The second-order valence-electron chi connectivity index (χ2n) is 4.18. The van der Waals surface area contributed by atoms with Gasteiger partial charge in [-0.05, 0) is 41.2 Å². The van der Waals surface area contributed by atoms with E-state index in [9.17, 15) is 13.2 Å². The van der Waals surface area contributed by atoms with E-state index in [2.05, 4.69) is 15.3 Å². The summed E-state index contributed by atoms with van der Waals surface area (Å²) in [6, 6.07) is 6.68. The highest BCUT2D eigenvalue weighted by atomic mass is 35.5. The molecular formula is C13H7ClF3N3S. The molecule has 0 spiro atoms. The number of hydrogen-bond acceptors (Lipinski definition) is 4. The highest BCUT2D eigenvalue weighted by molar-refractivity contribution is 7.16. The molecule has 21 heavy (non-hydrogen) atoms. The number of nitrogens with one attached hydrogen (secondary N) is 1. The number of hydrogen-bond donors (Lipinski definition) is 1. The highest BCUT2D eigenvalue weighted by Gasteiger charge is 2.30. The van der Waals surface area contributed by atoms with E-state index in [0.717, 1.165) is 12.1 Å². The molecule has 108 valence electrons. The third-order valence-electron chi connectivity index (χ3n) is 2.75. The maximum Gasteiger partial charge on any atom is 0.416 e. The van der Waals surface area contributed by atoms with Gasteiger partial charge in [0, 0.05) is 5.69 Å². The standard InChI is InChI=1S/C13H7ClF3N3S/c14-12-19-10(9-4-5-21-11(9)20-12)18-8-3-1-2-7(6-8)13(15,16)17/h1-6H,(H,18,19,20). The first kappa shape index (κ1) is 14.1. The van der Waals surface area contributed by atoms with E-state index in [4.69, 9.17) is 11.6 Å². The maximum atomic E-state index is 12.7. The molecular weight excluding hydrogens is 323 g/mol. The fraction of sp³-hybridized carbons (Fsp3) is 0.0769. The Kier molecular flexibility index (Phi) is 3.46. The van der Waals surface area contributed by atoms with Crippen molar-refractivity contribution < 1.29 is 13.2 Å². The van der Waals surface area contributed by atoms with E-state index >= 15 is 0 Å². The van der Waals surface area contributed by atoms with Crippen LogP contribution in [0.25, 0.3) is 10.2 Å². The summed E-state index contributed by atoms with van der Waals surface area (Å²) in [6.45, 7) is 0. The highest BCUT2D eigenvalue weighted by Crippen LogP contribution is 2.33. The molecule has 0 aliphatic rings. The molecule has 8 heteroatoms. The van der Waals surface area contributed by atoms with Crippen LogP contribution in [0.2, 0.25) is 5.28 Å². The third-order valence-corrected chi connectivity index (χ3v) is 3.73. The van der Waals surface area contributed by atoms with Crippen molar-refractivity contribution in [2.75, 3.05) is 5.32 Å². The van der Waals surface area contributed by atoms with E-state index in [1.54, 1.807) is 6.07 Å². The molecule has 2 heterocycles. The first-order valence-electron chi connectivity index (χ1n) is 5.78. The third kappa shape index (κ3) is 2.93. The molecule has 1 aromatic carbocycles. The van der Waals surface area contributed by atoms with Gasteiger partial charge in [0.15, 0.2) is 0 Å². The summed E-state index contributed by atoms with van der Waals surface area (Å²) in [4.78, 5) is 8.75. The molecule has 0 fully saturated rings. The molecule has 0 aliphatic heterocycles. The molecule has 0 unspecified atom stereocenters. The van der Waals surface area contributed by atoms with Gasteiger partial charge in [0.2, 0.25) is 5.28 Å². The summed E-state index contributed by atoms with van der Waals surface area (Å²) in [5.41, 5.74) is -0.443. The molecule has 2 aromatic heterocycles. The van der Waals surface area contributed by atoms with E-state index in [-0.39, 0.29) is 11.0 Å². The van der Waals surface area contributed by atoms with Crippen molar-refractivity contribution in [3.8, 4) is 0 Å². The van der Waals surface area contributed by atoms with Gasteiger partial charge in [-0.15, -0.1) is 11.3 Å². The number of fused-ring (bicyclic) bond motifs is 1. The van der Waals surface area contributed by atoms with Crippen LogP contribution in [0, 0.1) is 0 Å². The second kappa shape index (κ2) is 5.16. The minimum absolute atomic E-state index is 0.0411. The van der Waals surface area contributed by atoms with Crippen molar-refractivity contribution in [3.05, 3.63) is 46.6 Å². The second-order valence-corrected chi connectivity index (χ2v) is 5.42. The molecule has 3 rings (SSSR count). The van der Waals surface area contributed by atoms with Crippen LogP contribution >= 0.6 is 22.9 Å². The molecule has 0 saturated carbocycles. The zero-order chi connectivity index (χ0) is 15.0. The first-order valence-corrected chi connectivity index (χ1v) is 7.04. The summed E-state index contributed by atoms with van der Waals surface area (Å²) in [5, 5.41) is 5.42. The Morgan fingerprint density at radius 2 is 1.95 bits per heavy atom. The lowest BCUT2D eigenvalue weighted by Crippen LogP contribution is -2.05. The zero-order valence-corrected chi connectivity index (χ0v) is 11.9. The van der Waals surface area contributed by atoms with Gasteiger partial charge in [0.1, 0.15) is 10.6 Å². The van der Waals surface area contributed by atoms with Gasteiger partial charge in [-0.1, -0.05) is 6.07 Å². The maximum absolute atomic E-state index is 12.7. The monoisotopic (exact) mass is 329 g/mol. The number of nitrogens with zero attached hydrogens (tertiary/aromatic N) is 2. The van der Waals surface area contributed by atoms with E-state index in [1.165, 1.54) is 23.5 Å². The number of benzene rings is 1. The topological polar surface area (TPSA) is 37.8 Å². The number of thiophene rings is 1. The van der Waals surface area contributed by atoms with Gasteiger partial charge in [-0.2, -0.15) is 18.2 Å². The number of rotatable bonds is 2. The lowest BCUT2D eigenvalue weighted by molar-refractivity contribution is -0.137. The molecule has 0 amide bonds. The molecule has 0 radical (unpaired) electrons. The van der Waals surface area contributed by atoms with E-state index < -0.39 is 11.7 Å². The van der Waals surface area contributed by atoms with Crippen molar-refractivity contribution >= 4 is 44.7 Å². The van der Waals surface area contributed by atoms with Crippen molar-refractivity contribution in [1.29, 1.82) is 0 Å². The average molecular weight is 330 g/mol. The van der Waals surface area contributed by atoms with Crippen LogP contribution in [0.5, 0.6) is 0 Å². The Labute approximate surface area is 126 Å². The van der Waals surface area contributed by atoms with E-state index in [0.29, 0.717) is 16.0 Å². The summed E-state index contributed by atoms with van der Waals surface area (Å²) in [5.74, 6) is 0.380. The van der Waals surface area contributed by atoms with Gasteiger partial charge in [-0.25, -0.2) is 4.98 Å². The van der Waals surface area contributed by atoms with Gasteiger partial charge in [0.25, 0.3) is 0 Å². The quantitative estimate of drug-likeness (QED) is 0.664. The largest absolute Gasteiger partial charge is 0.416 e.